The first-order valence-electron chi connectivity index (χ1n) is 5.14. The van der Waals surface area contributed by atoms with Crippen molar-refractivity contribution in [3.63, 3.8) is 0 Å². The zero-order chi connectivity index (χ0) is 13.0. The topological polar surface area (TPSA) is 39.9 Å². The maximum atomic E-state index is 5.16. The van der Waals surface area contributed by atoms with E-state index < -0.39 is 0 Å². The zero-order valence-electron chi connectivity index (χ0n) is 10.1. The summed E-state index contributed by atoms with van der Waals surface area (Å²) >= 11 is 5.72. The quantitative estimate of drug-likeness (QED) is 0.527. The van der Waals surface area contributed by atoms with Crippen molar-refractivity contribution in [1.29, 1.82) is 0 Å². The van der Waals surface area contributed by atoms with Gasteiger partial charge in [-0.05, 0) is 51.0 Å². The Bertz CT molecular complexity index is 518. The van der Waals surface area contributed by atoms with Crippen molar-refractivity contribution in [3.8, 4) is 5.88 Å². The number of aryl methyl sites for hydroxylation is 1. The molecule has 0 saturated carbocycles. The number of ether oxygens (including phenoxy) is 1. The van der Waals surface area contributed by atoms with E-state index in [1.54, 1.807) is 7.11 Å². The van der Waals surface area contributed by atoms with Gasteiger partial charge < -0.3 is 4.74 Å². The third-order valence-corrected chi connectivity index (χ3v) is 4.46. The van der Waals surface area contributed by atoms with Gasteiger partial charge in [0, 0.05) is 0 Å². The molecule has 0 spiro atoms. The second-order valence-electron chi connectivity index (χ2n) is 2.93. The van der Waals surface area contributed by atoms with E-state index in [2.05, 4.69) is 48.1 Å². The fraction of sp³-hybridized carbons (Fsp3) is 0.400. The predicted octanol–water partition coefficient (Wildman–Crippen LogP) is 4.33. The van der Waals surface area contributed by atoms with Gasteiger partial charge >= 0.3 is 0 Å². The van der Waals surface area contributed by atoms with Gasteiger partial charge in [-0.25, -0.2) is 9.44 Å². The summed E-state index contributed by atoms with van der Waals surface area (Å²) in [5.41, 5.74) is 2.87. The molecule has 17 heavy (non-hydrogen) atoms. The molecule has 2 aromatic rings. The van der Waals surface area contributed by atoms with Gasteiger partial charge in [-0.15, -0.1) is 0 Å². The van der Waals surface area contributed by atoms with Gasteiger partial charge in [-0.3, -0.25) is 0 Å². The lowest BCUT2D eigenvalue weighted by Gasteiger charge is -2.02. The molecule has 0 aliphatic carbocycles. The molecule has 1 atom stereocenters. The van der Waals surface area contributed by atoms with Crippen LogP contribution in [0.25, 0.3) is 11.0 Å². The predicted molar refractivity (Wildman–Crippen MR) is 85.6 cm³/mol. The molecule has 0 fully saturated rings. The number of nitrogens with zero attached hydrogens (tertiary/aromatic N) is 3. The van der Waals surface area contributed by atoms with Crippen LogP contribution in [0.2, 0.25) is 0 Å². The monoisotopic (exact) mass is 429 g/mol. The lowest BCUT2D eigenvalue weighted by molar-refractivity contribution is 0.397. The summed E-state index contributed by atoms with van der Waals surface area (Å²) in [5, 5.41) is 4.41. The molecule has 7 heteroatoms. The van der Waals surface area contributed by atoms with Gasteiger partial charge in [0.05, 0.1) is 29.2 Å². The number of aromatic nitrogens is 3. The second kappa shape index (κ2) is 6.85. The normalized spacial score (nSPS) is 10.7. The van der Waals surface area contributed by atoms with Crippen LogP contribution >= 0.6 is 44.3 Å². The highest BCUT2D eigenvalue weighted by Crippen LogP contribution is 2.33. The summed E-state index contributed by atoms with van der Waals surface area (Å²) in [7, 11) is 1.61. The first kappa shape index (κ1) is 15.1. The van der Waals surface area contributed by atoms with Crippen LogP contribution in [-0.4, -0.2) is 21.6 Å². The Balaban J connectivity index is 0.000000686. The Kier molecular flexibility index (Phi) is 6.09. The van der Waals surface area contributed by atoms with Crippen molar-refractivity contribution >= 4 is 55.4 Å². The van der Waals surface area contributed by atoms with Gasteiger partial charge in [-0.2, -0.15) is 5.10 Å². The number of hydrogen-bond acceptors (Lipinski definition) is 3. The van der Waals surface area contributed by atoms with Crippen molar-refractivity contribution in [1.82, 2.24) is 14.5 Å². The maximum absolute atomic E-state index is 5.16. The average Bonchev–Trinajstić information content (AvgIpc) is 2.67. The lowest BCUT2D eigenvalue weighted by Crippen LogP contribution is -1.90. The molecule has 2 heterocycles. The standard InChI is InChI=1S/C8H8BrIN3OP.C2H6/c1-4-7-6(13(12-4)15-10)3-5(9)8(11-7)14-2;1-2/h3,15H,1-2H3;1-2H3. The summed E-state index contributed by atoms with van der Waals surface area (Å²) in [5.74, 6) is 0.599. The Morgan fingerprint density at radius 3 is 2.65 bits per heavy atom. The third-order valence-electron chi connectivity index (χ3n) is 2.02. The fourth-order valence-corrected chi connectivity index (χ4v) is 3.37. The average molecular weight is 430 g/mol. The molecule has 2 aromatic heterocycles. The van der Waals surface area contributed by atoms with Crippen molar-refractivity contribution in [2.75, 3.05) is 7.11 Å². The van der Waals surface area contributed by atoms with Crippen LogP contribution in [-0.2, 0) is 0 Å². The molecule has 94 valence electrons. The van der Waals surface area contributed by atoms with E-state index in [4.69, 9.17) is 4.74 Å². The number of fused-ring (bicyclic) bond motifs is 1. The molecule has 2 rings (SSSR count). The van der Waals surface area contributed by atoms with Crippen LogP contribution in [0.1, 0.15) is 19.5 Å². The first-order valence-corrected chi connectivity index (χ1v) is 9.99. The minimum Gasteiger partial charge on any atom is -0.480 e. The molecular formula is C10H14BrIN3OP. The van der Waals surface area contributed by atoms with Crippen LogP contribution in [0.5, 0.6) is 5.88 Å². The van der Waals surface area contributed by atoms with Gasteiger partial charge in [0.25, 0.3) is 0 Å². The van der Waals surface area contributed by atoms with Gasteiger partial charge in [0.2, 0.25) is 5.88 Å². The fourth-order valence-electron chi connectivity index (χ4n) is 1.35. The lowest BCUT2D eigenvalue weighted by atomic mass is 10.3. The summed E-state index contributed by atoms with van der Waals surface area (Å²) < 4.78 is 7.96. The highest BCUT2D eigenvalue weighted by atomic mass is 127. The number of halogens is 2. The van der Waals surface area contributed by atoms with Gasteiger partial charge in [0.1, 0.15) is 5.52 Å². The highest BCUT2D eigenvalue weighted by Gasteiger charge is 2.12. The van der Waals surface area contributed by atoms with E-state index in [0.29, 0.717) is 12.3 Å². The number of rotatable bonds is 2. The van der Waals surface area contributed by atoms with E-state index in [9.17, 15) is 0 Å². The molecule has 0 N–H and O–H groups in total. The first-order chi connectivity index (χ1) is 8.17. The number of pyridine rings is 1. The van der Waals surface area contributed by atoms with E-state index in [1.807, 2.05) is 31.3 Å². The van der Waals surface area contributed by atoms with E-state index in [0.717, 1.165) is 21.2 Å². The number of hydrogen-bond donors (Lipinski definition) is 0. The largest absolute Gasteiger partial charge is 0.480 e. The Hall–Kier alpha value is 0.0600. The molecule has 0 aromatic carbocycles. The van der Waals surface area contributed by atoms with Crippen molar-refractivity contribution in [3.05, 3.63) is 16.2 Å². The molecule has 0 radical (unpaired) electrons. The molecule has 1 unspecified atom stereocenters. The smallest absolute Gasteiger partial charge is 0.228 e. The van der Waals surface area contributed by atoms with Crippen molar-refractivity contribution < 1.29 is 4.74 Å². The third kappa shape index (κ3) is 3.09. The molecule has 0 bridgehead atoms. The summed E-state index contributed by atoms with van der Waals surface area (Å²) in [6, 6.07) is 1.99. The molecule has 0 saturated heterocycles. The van der Waals surface area contributed by atoms with E-state index in [1.165, 1.54) is 0 Å². The Morgan fingerprint density at radius 1 is 1.47 bits per heavy atom. The second-order valence-corrected chi connectivity index (χ2v) is 5.82. The SMILES string of the molecule is CC.COc1nc2c(C)nn(PI)c2cc1Br. The van der Waals surface area contributed by atoms with Gasteiger partial charge in [0.15, 0.2) is 0 Å². The van der Waals surface area contributed by atoms with Crippen LogP contribution in [0.4, 0.5) is 0 Å². The van der Waals surface area contributed by atoms with Crippen molar-refractivity contribution in [2.24, 2.45) is 0 Å². The minimum atomic E-state index is 0.572. The maximum Gasteiger partial charge on any atom is 0.228 e. The van der Waals surface area contributed by atoms with Crippen molar-refractivity contribution in [2.45, 2.75) is 20.8 Å². The molecular weight excluding hydrogens is 416 g/mol. The minimum absolute atomic E-state index is 0.572. The van der Waals surface area contributed by atoms with Crippen LogP contribution in [0.3, 0.4) is 0 Å². The Morgan fingerprint density at radius 2 is 2.12 bits per heavy atom. The van der Waals surface area contributed by atoms with Crippen LogP contribution < -0.4 is 4.74 Å². The highest BCUT2D eigenvalue weighted by molar-refractivity contribution is 14.2. The summed E-state index contributed by atoms with van der Waals surface area (Å²) in [6.07, 6.45) is 0.572. The summed E-state index contributed by atoms with van der Waals surface area (Å²) in [6.45, 7) is 5.95. The van der Waals surface area contributed by atoms with Gasteiger partial charge in [-0.1, -0.05) is 13.8 Å². The molecule has 0 aliphatic heterocycles. The molecule has 0 aliphatic rings. The zero-order valence-corrected chi connectivity index (χ0v) is 14.8. The molecule has 4 nitrogen and oxygen atoms in total. The van der Waals surface area contributed by atoms with E-state index in [-0.39, 0.29) is 0 Å². The summed E-state index contributed by atoms with van der Waals surface area (Å²) in [4.78, 5) is 4.41. The Labute approximate surface area is 124 Å². The van der Waals surface area contributed by atoms with E-state index >= 15 is 0 Å². The van der Waals surface area contributed by atoms with Crippen LogP contribution in [0.15, 0.2) is 10.5 Å². The molecule has 0 amide bonds. The van der Waals surface area contributed by atoms with Crippen LogP contribution in [0, 0.1) is 6.92 Å². The number of methoxy groups -OCH3 is 1.